The molecule has 0 saturated carbocycles. The molecule has 6 heteroatoms. The monoisotopic (exact) mass is 314 g/mol. The van der Waals surface area contributed by atoms with Gasteiger partial charge in [-0.1, -0.05) is 24.3 Å². The summed E-state index contributed by atoms with van der Waals surface area (Å²) >= 11 is 0. The Kier molecular flexibility index (Phi) is 5.19. The molecule has 2 aromatic rings. The molecule has 0 aliphatic rings. The molecular weight excluding hydrogens is 299 g/mol. The zero-order valence-electron chi connectivity index (χ0n) is 12.5. The average Bonchev–Trinajstić information content (AvgIpc) is 2.54. The van der Waals surface area contributed by atoms with Gasteiger partial charge in [0.15, 0.2) is 0 Å². The van der Waals surface area contributed by atoms with Gasteiger partial charge in [-0.05, 0) is 36.3 Å². The summed E-state index contributed by atoms with van der Waals surface area (Å²) in [5, 5.41) is 13.5. The van der Waals surface area contributed by atoms with Gasteiger partial charge >= 0.3 is 0 Å². The van der Waals surface area contributed by atoms with E-state index in [0.717, 1.165) is 0 Å². The lowest BCUT2D eigenvalue weighted by Gasteiger charge is -2.04. The lowest BCUT2D eigenvalue weighted by Crippen LogP contribution is -2.20. The second-order valence-electron chi connectivity index (χ2n) is 4.95. The predicted molar refractivity (Wildman–Crippen MR) is 85.1 cm³/mol. The summed E-state index contributed by atoms with van der Waals surface area (Å²) in [4.78, 5) is 22.1. The van der Waals surface area contributed by atoms with E-state index in [2.05, 4.69) is 5.32 Å². The predicted octanol–water partition coefficient (Wildman–Crippen LogP) is 3.37. The number of carbonyl (C=O) groups is 1. The number of rotatable bonds is 5. The molecule has 0 spiro atoms. The number of benzene rings is 2. The van der Waals surface area contributed by atoms with Crippen LogP contribution in [0.3, 0.4) is 0 Å². The van der Waals surface area contributed by atoms with Crippen molar-refractivity contribution in [2.75, 3.05) is 0 Å². The van der Waals surface area contributed by atoms with E-state index in [0.29, 0.717) is 16.7 Å². The van der Waals surface area contributed by atoms with E-state index in [9.17, 15) is 19.3 Å². The number of nitro groups is 1. The minimum absolute atomic E-state index is 0.0721. The van der Waals surface area contributed by atoms with Crippen molar-refractivity contribution in [3.8, 4) is 0 Å². The standard InChI is InChI=1S/C17H15FN2O3/c1-12-6-7-13(10-15(12)18)11-19-17(21)9-8-14-4-2-3-5-16(14)20(22)23/h2-10H,11H2,1H3,(H,19,21)/b9-8+. The summed E-state index contributed by atoms with van der Waals surface area (Å²) < 4.78 is 13.4. The highest BCUT2D eigenvalue weighted by Gasteiger charge is 2.09. The SMILES string of the molecule is Cc1ccc(CNC(=O)/C=C/c2ccccc2[N+](=O)[O-])cc1F. The quantitative estimate of drug-likeness (QED) is 0.522. The van der Waals surface area contributed by atoms with Gasteiger partial charge in [-0.2, -0.15) is 0 Å². The number of aryl methyl sites for hydroxylation is 1. The molecule has 118 valence electrons. The summed E-state index contributed by atoms with van der Waals surface area (Å²) in [5.74, 6) is -0.740. The van der Waals surface area contributed by atoms with Crippen LogP contribution >= 0.6 is 0 Å². The van der Waals surface area contributed by atoms with E-state index in [1.807, 2.05) is 0 Å². The minimum Gasteiger partial charge on any atom is -0.348 e. The molecule has 0 heterocycles. The normalized spacial score (nSPS) is 10.7. The van der Waals surface area contributed by atoms with Gasteiger partial charge in [-0.25, -0.2) is 4.39 Å². The molecule has 0 aromatic heterocycles. The lowest BCUT2D eigenvalue weighted by atomic mass is 10.1. The zero-order valence-corrected chi connectivity index (χ0v) is 12.5. The smallest absolute Gasteiger partial charge is 0.276 e. The highest BCUT2D eigenvalue weighted by molar-refractivity contribution is 5.92. The molecule has 0 unspecified atom stereocenters. The number of nitro benzene ring substituents is 1. The van der Waals surface area contributed by atoms with Crippen LogP contribution in [0, 0.1) is 22.9 Å². The van der Waals surface area contributed by atoms with E-state index in [4.69, 9.17) is 0 Å². The first kappa shape index (κ1) is 16.4. The molecule has 0 atom stereocenters. The van der Waals surface area contributed by atoms with Gasteiger partial charge in [0, 0.05) is 18.7 Å². The second-order valence-corrected chi connectivity index (χ2v) is 4.95. The van der Waals surface area contributed by atoms with Crippen LogP contribution in [0.15, 0.2) is 48.5 Å². The zero-order chi connectivity index (χ0) is 16.8. The third-order valence-corrected chi connectivity index (χ3v) is 3.25. The largest absolute Gasteiger partial charge is 0.348 e. The molecule has 1 amide bonds. The molecule has 1 N–H and O–H groups in total. The number of carbonyl (C=O) groups excluding carboxylic acids is 1. The Morgan fingerprint density at radius 2 is 2.04 bits per heavy atom. The first-order valence-electron chi connectivity index (χ1n) is 6.92. The van der Waals surface area contributed by atoms with Crippen LogP contribution in [0.5, 0.6) is 0 Å². The summed E-state index contributed by atoms with van der Waals surface area (Å²) in [6, 6.07) is 10.9. The number of nitrogens with one attached hydrogen (secondary N) is 1. The van der Waals surface area contributed by atoms with Crippen LogP contribution < -0.4 is 5.32 Å². The van der Waals surface area contributed by atoms with Gasteiger partial charge < -0.3 is 5.32 Å². The number of halogens is 1. The van der Waals surface area contributed by atoms with Crippen LogP contribution in [0.4, 0.5) is 10.1 Å². The van der Waals surface area contributed by atoms with Crippen LogP contribution in [0.25, 0.3) is 6.08 Å². The van der Waals surface area contributed by atoms with Crippen molar-refractivity contribution in [1.82, 2.24) is 5.32 Å². The molecule has 5 nitrogen and oxygen atoms in total. The van der Waals surface area contributed by atoms with Gasteiger partial charge in [0.25, 0.3) is 5.69 Å². The van der Waals surface area contributed by atoms with Gasteiger partial charge in [-0.3, -0.25) is 14.9 Å². The molecular formula is C17H15FN2O3. The number of hydrogen-bond acceptors (Lipinski definition) is 3. The highest BCUT2D eigenvalue weighted by Crippen LogP contribution is 2.18. The fourth-order valence-electron chi connectivity index (χ4n) is 1.95. The van der Waals surface area contributed by atoms with Crippen molar-refractivity contribution in [2.45, 2.75) is 13.5 Å². The fraction of sp³-hybridized carbons (Fsp3) is 0.118. The summed E-state index contributed by atoms with van der Waals surface area (Å²) in [5.41, 5.74) is 1.45. The number of nitrogens with zero attached hydrogens (tertiary/aromatic N) is 1. The minimum atomic E-state index is -0.507. The van der Waals surface area contributed by atoms with E-state index in [1.54, 1.807) is 37.3 Å². The van der Waals surface area contributed by atoms with Gasteiger partial charge in [0.2, 0.25) is 5.91 Å². The third-order valence-electron chi connectivity index (χ3n) is 3.25. The lowest BCUT2D eigenvalue weighted by molar-refractivity contribution is -0.385. The molecule has 0 fully saturated rings. The van der Waals surface area contributed by atoms with Crippen molar-refractivity contribution >= 4 is 17.7 Å². The molecule has 23 heavy (non-hydrogen) atoms. The Bertz CT molecular complexity index is 772. The Labute approximate surface area is 132 Å². The molecule has 0 aliphatic carbocycles. The second kappa shape index (κ2) is 7.31. The summed E-state index contributed by atoms with van der Waals surface area (Å²) in [6.07, 6.45) is 2.59. The number of amides is 1. The van der Waals surface area contributed by atoms with Crippen LogP contribution in [-0.2, 0) is 11.3 Å². The Morgan fingerprint density at radius 1 is 1.30 bits per heavy atom. The Morgan fingerprint density at radius 3 is 2.74 bits per heavy atom. The van der Waals surface area contributed by atoms with Crippen molar-refractivity contribution in [3.05, 3.63) is 81.2 Å². The van der Waals surface area contributed by atoms with Gasteiger partial charge in [-0.15, -0.1) is 0 Å². The molecule has 0 saturated heterocycles. The third kappa shape index (κ3) is 4.47. The molecule has 2 aromatic carbocycles. The maximum Gasteiger partial charge on any atom is 0.276 e. The fourth-order valence-corrected chi connectivity index (χ4v) is 1.95. The topological polar surface area (TPSA) is 72.2 Å². The summed E-state index contributed by atoms with van der Waals surface area (Å²) in [7, 11) is 0. The Hall–Kier alpha value is -3.02. The van der Waals surface area contributed by atoms with Crippen molar-refractivity contribution in [2.24, 2.45) is 0 Å². The van der Waals surface area contributed by atoms with Crippen LogP contribution in [0.1, 0.15) is 16.7 Å². The maximum absolute atomic E-state index is 13.4. The van der Waals surface area contributed by atoms with Crippen molar-refractivity contribution in [3.63, 3.8) is 0 Å². The van der Waals surface area contributed by atoms with Crippen molar-refractivity contribution < 1.29 is 14.1 Å². The van der Waals surface area contributed by atoms with E-state index in [-0.39, 0.29) is 18.0 Å². The highest BCUT2D eigenvalue weighted by atomic mass is 19.1. The van der Waals surface area contributed by atoms with E-state index in [1.165, 1.54) is 24.3 Å². The van der Waals surface area contributed by atoms with E-state index >= 15 is 0 Å². The van der Waals surface area contributed by atoms with Crippen LogP contribution in [-0.4, -0.2) is 10.8 Å². The molecule has 0 aliphatic heterocycles. The summed E-state index contributed by atoms with van der Waals surface area (Å²) in [6.45, 7) is 1.84. The number of hydrogen-bond donors (Lipinski definition) is 1. The van der Waals surface area contributed by atoms with Crippen LogP contribution in [0.2, 0.25) is 0 Å². The molecule has 0 bridgehead atoms. The first-order chi connectivity index (χ1) is 11.0. The first-order valence-corrected chi connectivity index (χ1v) is 6.92. The Balaban J connectivity index is 1.99. The number of para-hydroxylation sites is 1. The maximum atomic E-state index is 13.4. The average molecular weight is 314 g/mol. The molecule has 0 radical (unpaired) electrons. The van der Waals surface area contributed by atoms with E-state index < -0.39 is 10.8 Å². The molecule has 2 rings (SSSR count). The van der Waals surface area contributed by atoms with Gasteiger partial charge in [0.05, 0.1) is 10.5 Å². The van der Waals surface area contributed by atoms with Gasteiger partial charge in [0.1, 0.15) is 5.82 Å². The van der Waals surface area contributed by atoms with Crippen molar-refractivity contribution in [1.29, 1.82) is 0 Å².